The number of anilines is 1. The Labute approximate surface area is 133 Å². The molecule has 1 N–H and O–H groups in total. The van der Waals surface area contributed by atoms with E-state index in [0.717, 1.165) is 15.7 Å². The van der Waals surface area contributed by atoms with Crippen molar-refractivity contribution < 1.29 is 8.78 Å². The second kappa shape index (κ2) is 7.29. The Morgan fingerprint density at radius 1 is 1.15 bits per heavy atom. The van der Waals surface area contributed by atoms with Crippen LogP contribution in [0.3, 0.4) is 0 Å². The quantitative estimate of drug-likeness (QED) is 0.638. The van der Waals surface area contributed by atoms with Crippen LogP contribution in [0.4, 0.5) is 14.5 Å². The maximum atomic E-state index is 12.2. The Kier molecular flexibility index (Phi) is 5.69. The Morgan fingerprint density at radius 2 is 1.85 bits per heavy atom. The molecule has 0 spiro atoms. The van der Waals surface area contributed by atoms with Gasteiger partial charge in [-0.3, -0.25) is 0 Å². The van der Waals surface area contributed by atoms with Crippen molar-refractivity contribution in [3.8, 4) is 0 Å². The third kappa shape index (κ3) is 4.65. The molecule has 0 aliphatic heterocycles. The number of halogens is 4. The molecule has 0 unspecified atom stereocenters. The molecule has 0 atom stereocenters. The maximum absolute atomic E-state index is 12.2. The van der Waals surface area contributed by atoms with E-state index in [0.29, 0.717) is 28.2 Å². The zero-order chi connectivity index (χ0) is 14.5. The van der Waals surface area contributed by atoms with Gasteiger partial charge in [0.2, 0.25) is 0 Å². The molecule has 0 amide bonds. The van der Waals surface area contributed by atoms with Crippen LogP contribution in [0.15, 0.2) is 51.8 Å². The standard InChI is InChI=1S/C14H11BrClF2NS/c15-12-7-9(1-6-13(12)16)8-19-10-2-4-11(5-3-10)20-14(17)18/h1-7,14,19H,8H2. The highest BCUT2D eigenvalue weighted by molar-refractivity contribution is 9.10. The summed E-state index contributed by atoms with van der Waals surface area (Å²) in [6, 6.07) is 12.6. The van der Waals surface area contributed by atoms with Crippen LogP contribution in [-0.2, 0) is 6.54 Å². The molecular weight excluding hydrogens is 368 g/mol. The fourth-order valence-electron chi connectivity index (χ4n) is 1.61. The summed E-state index contributed by atoms with van der Waals surface area (Å²) in [5.41, 5.74) is 1.96. The predicted molar refractivity (Wildman–Crippen MR) is 84.8 cm³/mol. The van der Waals surface area contributed by atoms with E-state index in [-0.39, 0.29) is 0 Å². The van der Waals surface area contributed by atoms with Crippen LogP contribution in [0, 0.1) is 0 Å². The van der Waals surface area contributed by atoms with E-state index in [1.807, 2.05) is 18.2 Å². The van der Waals surface area contributed by atoms with Gasteiger partial charge in [-0.25, -0.2) is 0 Å². The van der Waals surface area contributed by atoms with Gasteiger partial charge in [-0.05, 0) is 57.9 Å². The fraction of sp³-hybridized carbons (Fsp3) is 0.143. The van der Waals surface area contributed by atoms with Crippen LogP contribution in [0.2, 0.25) is 5.02 Å². The number of hydrogen-bond donors (Lipinski definition) is 1. The third-order valence-corrected chi connectivity index (χ3v) is 4.50. The average molecular weight is 379 g/mol. The van der Waals surface area contributed by atoms with Crippen LogP contribution >= 0.6 is 39.3 Å². The van der Waals surface area contributed by atoms with Crippen molar-refractivity contribution in [1.29, 1.82) is 0 Å². The molecule has 6 heteroatoms. The van der Waals surface area contributed by atoms with Gasteiger partial charge in [-0.2, -0.15) is 8.78 Å². The summed E-state index contributed by atoms with van der Waals surface area (Å²) in [6.45, 7) is 0.636. The van der Waals surface area contributed by atoms with Crippen molar-refractivity contribution in [2.45, 2.75) is 17.2 Å². The lowest BCUT2D eigenvalue weighted by atomic mass is 10.2. The first-order valence-corrected chi connectivity index (χ1v) is 7.82. The van der Waals surface area contributed by atoms with Crippen LogP contribution in [0.5, 0.6) is 0 Å². The zero-order valence-electron chi connectivity index (χ0n) is 10.2. The van der Waals surface area contributed by atoms with Crippen LogP contribution < -0.4 is 5.32 Å². The molecular formula is C14H11BrClF2NS. The predicted octanol–water partition coefficient (Wildman–Crippen LogP) is 6.03. The zero-order valence-corrected chi connectivity index (χ0v) is 13.4. The molecule has 106 valence electrons. The van der Waals surface area contributed by atoms with Crippen molar-refractivity contribution >= 4 is 45.0 Å². The normalized spacial score (nSPS) is 10.8. The largest absolute Gasteiger partial charge is 0.381 e. The highest BCUT2D eigenvalue weighted by Crippen LogP contribution is 2.27. The molecule has 20 heavy (non-hydrogen) atoms. The molecule has 0 bridgehead atoms. The summed E-state index contributed by atoms with van der Waals surface area (Å²) >= 11 is 9.84. The minimum absolute atomic E-state index is 0.543. The van der Waals surface area contributed by atoms with E-state index in [2.05, 4.69) is 21.2 Å². The SMILES string of the molecule is FC(F)Sc1ccc(NCc2ccc(Cl)c(Br)c2)cc1. The molecule has 0 aromatic heterocycles. The van der Waals surface area contributed by atoms with Gasteiger partial charge in [-0.1, -0.05) is 29.4 Å². The minimum Gasteiger partial charge on any atom is -0.381 e. The Hall–Kier alpha value is -0.780. The molecule has 2 rings (SSSR count). The molecule has 0 aliphatic carbocycles. The molecule has 0 fully saturated rings. The van der Waals surface area contributed by atoms with Crippen LogP contribution in [0.1, 0.15) is 5.56 Å². The number of alkyl halides is 2. The first-order chi connectivity index (χ1) is 9.54. The Balaban J connectivity index is 1.95. The summed E-state index contributed by atoms with van der Waals surface area (Å²) in [6.07, 6.45) is 0. The lowest BCUT2D eigenvalue weighted by Gasteiger charge is -2.08. The number of benzene rings is 2. The van der Waals surface area contributed by atoms with E-state index in [4.69, 9.17) is 11.6 Å². The van der Waals surface area contributed by atoms with Gasteiger partial charge in [0.25, 0.3) is 5.76 Å². The molecule has 0 aliphatic rings. The Morgan fingerprint density at radius 3 is 2.45 bits per heavy atom. The van der Waals surface area contributed by atoms with E-state index < -0.39 is 5.76 Å². The number of rotatable bonds is 5. The molecule has 2 aromatic rings. The second-order valence-electron chi connectivity index (χ2n) is 4.00. The lowest BCUT2D eigenvalue weighted by molar-refractivity contribution is 0.252. The van der Waals surface area contributed by atoms with Gasteiger partial charge >= 0.3 is 0 Å². The van der Waals surface area contributed by atoms with Gasteiger partial charge in [0.05, 0.1) is 5.02 Å². The van der Waals surface area contributed by atoms with Crippen molar-refractivity contribution in [1.82, 2.24) is 0 Å². The van der Waals surface area contributed by atoms with Crippen LogP contribution in [-0.4, -0.2) is 5.76 Å². The van der Waals surface area contributed by atoms with E-state index in [9.17, 15) is 8.78 Å². The Bertz CT molecular complexity index is 578. The van der Waals surface area contributed by atoms with Gasteiger partial charge in [0, 0.05) is 21.6 Å². The molecule has 0 heterocycles. The maximum Gasteiger partial charge on any atom is 0.288 e. The summed E-state index contributed by atoms with van der Waals surface area (Å²) in [5.74, 6) is -2.39. The molecule has 0 saturated carbocycles. The smallest absolute Gasteiger partial charge is 0.288 e. The first-order valence-electron chi connectivity index (χ1n) is 5.77. The number of nitrogens with one attached hydrogen (secondary N) is 1. The molecule has 0 radical (unpaired) electrons. The van der Waals surface area contributed by atoms with Crippen LogP contribution in [0.25, 0.3) is 0 Å². The van der Waals surface area contributed by atoms with Gasteiger partial charge in [0.15, 0.2) is 0 Å². The first kappa shape index (κ1) is 15.6. The summed E-state index contributed by atoms with van der Waals surface area (Å²) in [5, 5.41) is 3.90. The minimum atomic E-state index is -2.39. The number of thioether (sulfide) groups is 1. The molecule has 0 saturated heterocycles. The van der Waals surface area contributed by atoms with Gasteiger partial charge < -0.3 is 5.32 Å². The van der Waals surface area contributed by atoms with Crippen molar-refractivity contribution in [2.24, 2.45) is 0 Å². The van der Waals surface area contributed by atoms with E-state index >= 15 is 0 Å². The third-order valence-electron chi connectivity index (χ3n) is 2.56. The lowest BCUT2D eigenvalue weighted by Crippen LogP contribution is -1.99. The fourth-order valence-corrected chi connectivity index (χ4v) is 2.65. The van der Waals surface area contributed by atoms with Crippen molar-refractivity contribution in [3.63, 3.8) is 0 Å². The van der Waals surface area contributed by atoms with Crippen molar-refractivity contribution in [3.05, 3.63) is 57.5 Å². The van der Waals surface area contributed by atoms with E-state index in [1.54, 1.807) is 24.3 Å². The monoisotopic (exact) mass is 377 g/mol. The summed E-state index contributed by atoms with van der Waals surface area (Å²) in [7, 11) is 0. The second-order valence-corrected chi connectivity index (χ2v) is 6.33. The average Bonchev–Trinajstić information content (AvgIpc) is 2.41. The van der Waals surface area contributed by atoms with Gasteiger partial charge in [-0.15, -0.1) is 0 Å². The van der Waals surface area contributed by atoms with Crippen molar-refractivity contribution in [2.75, 3.05) is 5.32 Å². The van der Waals surface area contributed by atoms with E-state index in [1.165, 1.54) is 0 Å². The number of hydrogen-bond acceptors (Lipinski definition) is 2. The molecule has 1 nitrogen and oxygen atoms in total. The summed E-state index contributed by atoms with van der Waals surface area (Å²) < 4.78 is 25.2. The molecule has 2 aromatic carbocycles. The summed E-state index contributed by atoms with van der Waals surface area (Å²) in [4.78, 5) is 0.555. The van der Waals surface area contributed by atoms with Gasteiger partial charge in [0.1, 0.15) is 0 Å². The topological polar surface area (TPSA) is 12.0 Å². The highest BCUT2D eigenvalue weighted by atomic mass is 79.9. The highest BCUT2D eigenvalue weighted by Gasteiger charge is 2.05.